The van der Waals surface area contributed by atoms with Crippen LogP contribution in [0.15, 0.2) is 24.3 Å². The first-order valence-corrected chi connectivity index (χ1v) is 6.73. The molecule has 1 fully saturated rings. The third-order valence-corrected chi connectivity index (χ3v) is 3.42. The van der Waals surface area contributed by atoms with Gasteiger partial charge in [0.15, 0.2) is 0 Å². The Labute approximate surface area is 117 Å². The van der Waals surface area contributed by atoms with Gasteiger partial charge in [0.05, 0.1) is 13.5 Å². The molecule has 108 valence electrons. The molecule has 2 N–H and O–H groups in total. The van der Waals surface area contributed by atoms with Crippen molar-refractivity contribution in [3.8, 4) is 5.75 Å². The summed E-state index contributed by atoms with van der Waals surface area (Å²) in [5.74, 6) is -0.0353. The molecule has 1 saturated carbocycles. The zero-order valence-electron chi connectivity index (χ0n) is 11.5. The van der Waals surface area contributed by atoms with Crippen molar-refractivity contribution < 1.29 is 19.4 Å². The van der Waals surface area contributed by atoms with Gasteiger partial charge in [-0.3, -0.25) is 4.79 Å². The molecule has 0 spiro atoms. The van der Waals surface area contributed by atoms with Crippen LogP contribution in [-0.4, -0.2) is 30.1 Å². The lowest BCUT2D eigenvalue weighted by atomic mass is 10.1. The Hall–Kier alpha value is -2.04. The van der Waals surface area contributed by atoms with Crippen molar-refractivity contribution in [2.75, 3.05) is 7.11 Å². The molecule has 0 aromatic heterocycles. The lowest BCUT2D eigenvalue weighted by molar-refractivity contribution is -0.142. The molecule has 1 aliphatic carbocycles. The summed E-state index contributed by atoms with van der Waals surface area (Å²) >= 11 is 0. The van der Waals surface area contributed by atoms with Gasteiger partial charge in [-0.2, -0.15) is 0 Å². The summed E-state index contributed by atoms with van der Waals surface area (Å²) in [6, 6.07) is 6.39. The molecular weight excluding hydrogens is 258 g/mol. The number of nitrogens with one attached hydrogen (secondary N) is 1. The molecule has 1 amide bonds. The van der Waals surface area contributed by atoms with Crippen LogP contribution >= 0.6 is 0 Å². The third kappa shape index (κ3) is 4.26. The van der Waals surface area contributed by atoms with Crippen molar-refractivity contribution in [2.45, 2.75) is 31.7 Å². The maximum Gasteiger partial charge on any atom is 0.326 e. The molecule has 5 nitrogen and oxygen atoms in total. The number of carboxylic acid groups (broad SMARTS) is 1. The van der Waals surface area contributed by atoms with Crippen LogP contribution < -0.4 is 10.1 Å². The largest absolute Gasteiger partial charge is 0.497 e. The van der Waals surface area contributed by atoms with Gasteiger partial charge in [0.2, 0.25) is 5.91 Å². The van der Waals surface area contributed by atoms with E-state index in [9.17, 15) is 9.59 Å². The second-order valence-electron chi connectivity index (χ2n) is 5.16. The maximum absolute atomic E-state index is 11.9. The Kier molecular flexibility index (Phi) is 4.61. The van der Waals surface area contributed by atoms with Crippen molar-refractivity contribution in [1.82, 2.24) is 5.32 Å². The smallest absolute Gasteiger partial charge is 0.326 e. The van der Waals surface area contributed by atoms with Gasteiger partial charge in [-0.15, -0.1) is 0 Å². The van der Waals surface area contributed by atoms with Crippen molar-refractivity contribution in [3.63, 3.8) is 0 Å². The quantitative estimate of drug-likeness (QED) is 0.794. The van der Waals surface area contributed by atoms with E-state index in [0.29, 0.717) is 12.3 Å². The Balaban J connectivity index is 1.87. The standard InChI is InChI=1S/C15H19NO4/c1-20-12-6-4-11(5-7-12)9-14(17)16-13(15(18)19)8-10-2-3-10/h4-7,10,13H,2-3,8-9H2,1H3,(H,16,17)(H,18,19). The fraction of sp³-hybridized carbons (Fsp3) is 0.467. The van der Waals surface area contributed by atoms with E-state index < -0.39 is 12.0 Å². The first-order valence-electron chi connectivity index (χ1n) is 6.73. The zero-order valence-corrected chi connectivity index (χ0v) is 11.5. The Morgan fingerprint density at radius 1 is 1.35 bits per heavy atom. The van der Waals surface area contributed by atoms with E-state index in [2.05, 4.69) is 5.32 Å². The number of methoxy groups -OCH3 is 1. The monoisotopic (exact) mass is 277 g/mol. The van der Waals surface area contributed by atoms with Crippen LogP contribution in [0.2, 0.25) is 0 Å². The number of carbonyl (C=O) groups is 2. The molecule has 0 heterocycles. The molecule has 1 aromatic rings. The van der Waals surface area contributed by atoms with Gasteiger partial charge < -0.3 is 15.2 Å². The summed E-state index contributed by atoms with van der Waals surface area (Å²) < 4.78 is 5.04. The molecule has 0 saturated heterocycles. The van der Waals surface area contributed by atoms with Crippen LogP contribution in [0.25, 0.3) is 0 Å². The Morgan fingerprint density at radius 3 is 2.50 bits per heavy atom. The number of ether oxygens (including phenoxy) is 1. The van der Waals surface area contributed by atoms with Crippen molar-refractivity contribution >= 4 is 11.9 Å². The normalized spacial score (nSPS) is 15.4. The van der Waals surface area contributed by atoms with Crippen LogP contribution in [0.5, 0.6) is 5.75 Å². The van der Waals surface area contributed by atoms with E-state index in [1.54, 1.807) is 31.4 Å². The molecule has 1 aliphatic rings. The molecule has 1 unspecified atom stereocenters. The van der Waals surface area contributed by atoms with E-state index in [1.165, 1.54) is 0 Å². The fourth-order valence-electron chi connectivity index (χ4n) is 2.08. The lowest BCUT2D eigenvalue weighted by Crippen LogP contribution is -2.41. The minimum absolute atomic E-state index is 0.179. The van der Waals surface area contributed by atoms with Crippen LogP contribution in [0.3, 0.4) is 0 Å². The van der Waals surface area contributed by atoms with Gasteiger partial charge in [0, 0.05) is 0 Å². The van der Waals surface area contributed by atoms with Crippen molar-refractivity contribution in [2.24, 2.45) is 5.92 Å². The first-order chi connectivity index (χ1) is 9.58. The van der Waals surface area contributed by atoms with E-state index in [0.717, 1.165) is 24.2 Å². The third-order valence-electron chi connectivity index (χ3n) is 3.42. The highest BCUT2D eigenvalue weighted by molar-refractivity contribution is 5.84. The van der Waals surface area contributed by atoms with Crippen molar-refractivity contribution in [1.29, 1.82) is 0 Å². The summed E-state index contributed by atoms with van der Waals surface area (Å²) in [4.78, 5) is 23.0. The molecule has 0 aliphatic heterocycles. The number of carbonyl (C=O) groups excluding carboxylic acids is 1. The van der Waals surface area contributed by atoms with Gasteiger partial charge in [-0.05, 0) is 30.0 Å². The van der Waals surface area contributed by atoms with Gasteiger partial charge in [-0.1, -0.05) is 25.0 Å². The van der Waals surface area contributed by atoms with Crippen LogP contribution in [-0.2, 0) is 16.0 Å². The first kappa shape index (κ1) is 14.4. The number of rotatable bonds is 7. The molecule has 20 heavy (non-hydrogen) atoms. The summed E-state index contributed by atoms with van der Waals surface area (Å²) in [7, 11) is 1.58. The Bertz CT molecular complexity index is 479. The second-order valence-corrected chi connectivity index (χ2v) is 5.16. The molecule has 0 radical (unpaired) electrons. The van der Waals surface area contributed by atoms with Gasteiger partial charge in [-0.25, -0.2) is 4.79 Å². The van der Waals surface area contributed by atoms with Crippen molar-refractivity contribution in [3.05, 3.63) is 29.8 Å². The molecule has 1 atom stereocenters. The summed E-state index contributed by atoms with van der Waals surface area (Å²) in [6.07, 6.45) is 2.85. The second kappa shape index (κ2) is 6.41. The average molecular weight is 277 g/mol. The predicted octanol–water partition coefficient (Wildman–Crippen LogP) is 1.61. The molecular formula is C15H19NO4. The molecule has 0 bridgehead atoms. The van der Waals surface area contributed by atoms with E-state index in [1.807, 2.05) is 0 Å². The van der Waals surface area contributed by atoms with Crippen LogP contribution in [0.1, 0.15) is 24.8 Å². The van der Waals surface area contributed by atoms with Gasteiger partial charge in [0.1, 0.15) is 11.8 Å². The number of amides is 1. The highest BCUT2D eigenvalue weighted by Crippen LogP contribution is 2.33. The average Bonchev–Trinajstić information content (AvgIpc) is 3.22. The molecule has 1 aromatic carbocycles. The molecule has 2 rings (SSSR count). The minimum Gasteiger partial charge on any atom is -0.497 e. The predicted molar refractivity (Wildman–Crippen MR) is 73.6 cm³/mol. The number of carboxylic acids is 1. The summed E-state index contributed by atoms with van der Waals surface area (Å²) in [5, 5.41) is 11.7. The minimum atomic E-state index is -0.958. The summed E-state index contributed by atoms with van der Waals surface area (Å²) in [6.45, 7) is 0. The van der Waals surface area contributed by atoms with E-state index in [4.69, 9.17) is 9.84 Å². The maximum atomic E-state index is 11.9. The van der Waals surface area contributed by atoms with E-state index >= 15 is 0 Å². The van der Waals surface area contributed by atoms with Gasteiger partial charge in [0.25, 0.3) is 0 Å². The molecule has 5 heteroatoms. The number of hydrogen-bond donors (Lipinski definition) is 2. The van der Waals surface area contributed by atoms with E-state index in [-0.39, 0.29) is 12.3 Å². The number of benzene rings is 1. The lowest BCUT2D eigenvalue weighted by Gasteiger charge is -2.14. The highest BCUT2D eigenvalue weighted by Gasteiger charge is 2.30. The van der Waals surface area contributed by atoms with Crippen LogP contribution in [0.4, 0.5) is 0 Å². The highest BCUT2D eigenvalue weighted by atomic mass is 16.5. The van der Waals surface area contributed by atoms with Crippen LogP contribution in [0, 0.1) is 5.92 Å². The zero-order chi connectivity index (χ0) is 14.5. The summed E-state index contributed by atoms with van der Waals surface area (Å²) in [5.41, 5.74) is 0.832. The van der Waals surface area contributed by atoms with Gasteiger partial charge >= 0.3 is 5.97 Å². The number of aliphatic carboxylic acids is 1. The SMILES string of the molecule is COc1ccc(CC(=O)NC(CC2CC2)C(=O)O)cc1. The fourth-order valence-corrected chi connectivity index (χ4v) is 2.08. The number of hydrogen-bond acceptors (Lipinski definition) is 3. The topological polar surface area (TPSA) is 75.6 Å². The Morgan fingerprint density at radius 2 is 2.00 bits per heavy atom.